The highest BCUT2D eigenvalue weighted by atomic mass is 16.5. The van der Waals surface area contributed by atoms with Crippen LogP contribution in [0.2, 0.25) is 0 Å². The quantitative estimate of drug-likeness (QED) is 0.313. The molecule has 0 radical (unpaired) electrons. The third-order valence-corrected chi connectivity index (χ3v) is 8.83. The van der Waals surface area contributed by atoms with Crippen molar-refractivity contribution in [1.82, 2.24) is 4.90 Å². The van der Waals surface area contributed by atoms with Crippen molar-refractivity contribution >= 4 is 23.4 Å². The number of imide groups is 1. The fourth-order valence-corrected chi connectivity index (χ4v) is 6.93. The number of nitrogens with zero attached hydrogens (tertiary/aromatic N) is 1. The van der Waals surface area contributed by atoms with Crippen LogP contribution in [0.5, 0.6) is 17.2 Å². The number of allylic oxidation sites excluding steroid dienone is 6. The summed E-state index contributed by atoms with van der Waals surface area (Å²) >= 11 is 0. The van der Waals surface area contributed by atoms with E-state index in [1.54, 1.807) is 50.2 Å². The summed E-state index contributed by atoms with van der Waals surface area (Å²) in [6.07, 6.45) is 4.40. The number of fused-ring (bicyclic) bond motifs is 3. The minimum absolute atomic E-state index is 0.0301. The van der Waals surface area contributed by atoms with Crippen LogP contribution in [-0.4, -0.2) is 51.6 Å². The molecule has 2 amide bonds. The van der Waals surface area contributed by atoms with Gasteiger partial charge in [0.1, 0.15) is 5.75 Å². The molecule has 0 aromatic heterocycles. The number of phenols is 2. The average Bonchev–Trinajstić information content (AvgIpc) is 3.20. The molecule has 4 atom stereocenters. The molecule has 4 aliphatic rings. The number of benzene rings is 2. The van der Waals surface area contributed by atoms with Gasteiger partial charge in [-0.15, -0.1) is 0 Å². The van der Waals surface area contributed by atoms with Crippen LogP contribution in [0.3, 0.4) is 0 Å². The lowest BCUT2D eigenvalue weighted by Gasteiger charge is -2.42. The third-order valence-electron chi connectivity index (χ3n) is 8.83. The average molecular weight is 554 g/mol. The number of Topliss-reactive ketones (excluding diaryl/α,β-unsaturated/α-hetero) is 1. The molecule has 2 N–H and O–H groups in total. The van der Waals surface area contributed by atoms with Crippen LogP contribution in [0.4, 0.5) is 0 Å². The minimum Gasteiger partial charge on any atom is -0.508 e. The van der Waals surface area contributed by atoms with Gasteiger partial charge in [-0.3, -0.25) is 24.1 Å². The Bertz CT molecular complexity index is 1580. The Morgan fingerprint density at radius 2 is 1.73 bits per heavy atom. The predicted octanol–water partition coefficient (Wildman–Crippen LogP) is 4.17. The van der Waals surface area contributed by atoms with Crippen molar-refractivity contribution < 1.29 is 34.1 Å². The van der Waals surface area contributed by atoms with Gasteiger partial charge in [-0.05, 0) is 80.5 Å². The molecule has 8 nitrogen and oxygen atoms in total. The lowest BCUT2D eigenvalue weighted by Crippen LogP contribution is -2.40. The van der Waals surface area contributed by atoms with Gasteiger partial charge >= 0.3 is 0 Å². The van der Waals surface area contributed by atoms with Gasteiger partial charge in [-0.25, -0.2) is 0 Å². The first-order valence-electron chi connectivity index (χ1n) is 14.0. The third kappa shape index (κ3) is 4.38. The van der Waals surface area contributed by atoms with E-state index in [1.165, 1.54) is 17.0 Å². The first-order valence-corrected chi connectivity index (χ1v) is 14.0. The number of phenolic OH excluding ortho intramolecular Hbond substituents is 2. The van der Waals surface area contributed by atoms with Crippen molar-refractivity contribution in [2.75, 3.05) is 13.2 Å². The highest BCUT2D eigenvalue weighted by Crippen LogP contribution is 2.55. The number of rotatable bonds is 6. The number of carbonyl (C=O) groups is 4. The summed E-state index contributed by atoms with van der Waals surface area (Å²) in [5, 5.41) is 19.9. The maximum Gasteiger partial charge on any atom is 0.233 e. The number of carbonyl (C=O) groups excluding carboxylic acids is 4. The van der Waals surface area contributed by atoms with E-state index in [0.717, 1.165) is 11.1 Å². The largest absolute Gasteiger partial charge is 0.508 e. The Morgan fingerprint density at radius 1 is 0.976 bits per heavy atom. The van der Waals surface area contributed by atoms with E-state index >= 15 is 0 Å². The van der Waals surface area contributed by atoms with Crippen molar-refractivity contribution in [1.29, 1.82) is 0 Å². The molecule has 6 rings (SSSR count). The lowest BCUT2D eigenvalue weighted by atomic mass is 9.59. The molecule has 0 bridgehead atoms. The van der Waals surface area contributed by atoms with E-state index in [0.29, 0.717) is 41.7 Å². The second-order valence-corrected chi connectivity index (χ2v) is 11.1. The van der Waals surface area contributed by atoms with E-state index in [2.05, 4.69) is 0 Å². The molecule has 1 heterocycles. The number of hydrogen-bond acceptors (Lipinski definition) is 7. The maximum atomic E-state index is 13.9. The lowest BCUT2D eigenvalue weighted by molar-refractivity contribution is -0.140. The normalized spacial score (nSPS) is 25.5. The van der Waals surface area contributed by atoms with Crippen LogP contribution in [0, 0.1) is 17.8 Å². The van der Waals surface area contributed by atoms with Crippen LogP contribution in [-0.2, 0) is 25.6 Å². The Kier molecular flexibility index (Phi) is 6.64. The van der Waals surface area contributed by atoms with Gasteiger partial charge in [0.05, 0.1) is 18.4 Å². The number of ether oxygens (including phenoxy) is 1. The van der Waals surface area contributed by atoms with Crippen LogP contribution < -0.4 is 4.74 Å². The molecule has 3 aliphatic carbocycles. The first kappa shape index (κ1) is 26.7. The van der Waals surface area contributed by atoms with Crippen molar-refractivity contribution in [3.05, 3.63) is 88.0 Å². The number of aromatic hydroxyl groups is 2. The highest BCUT2D eigenvalue weighted by Gasteiger charge is 2.56. The zero-order valence-electron chi connectivity index (χ0n) is 22.9. The molecule has 0 saturated carbocycles. The summed E-state index contributed by atoms with van der Waals surface area (Å²) in [4.78, 5) is 55.6. The highest BCUT2D eigenvalue weighted by molar-refractivity contribution is 6.23. The summed E-state index contributed by atoms with van der Waals surface area (Å²) in [5.41, 5.74) is 3.59. The smallest absolute Gasteiger partial charge is 0.233 e. The summed E-state index contributed by atoms with van der Waals surface area (Å²) in [7, 11) is 0. The van der Waals surface area contributed by atoms with Crippen molar-refractivity contribution in [2.24, 2.45) is 17.8 Å². The fourth-order valence-electron chi connectivity index (χ4n) is 6.93. The molecule has 1 saturated heterocycles. The van der Waals surface area contributed by atoms with Crippen LogP contribution >= 0.6 is 0 Å². The minimum atomic E-state index is -0.628. The number of likely N-dealkylation sites (tertiary alicyclic amines) is 1. The van der Waals surface area contributed by atoms with E-state index in [9.17, 15) is 29.4 Å². The molecule has 8 heteroatoms. The van der Waals surface area contributed by atoms with Gasteiger partial charge in [0.25, 0.3) is 0 Å². The van der Waals surface area contributed by atoms with Gasteiger partial charge in [0.2, 0.25) is 11.8 Å². The zero-order chi connectivity index (χ0) is 29.0. The van der Waals surface area contributed by atoms with Crippen LogP contribution in [0.15, 0.2) is 76.9 Å². The van der Waals surface area contributed by atoms with Crippen molar-refractivity contribution in [3.8, 4) is 17.2 Å². The topological polar surface area (TPSA) is 121 Å². The molecular weight excluding hydrogens is 522 g/mol. The summed E-state index contributed by atoms with van der Waals surface area (Å²) in [5.74, 6) is -2.69. The SMILES string of the molecule is CCOc1cc([C@H]2C3=CC[C@@H]4C(=O)N(CCc5ccc(O)cc5)C(=O)[C@@H]4[C@@H]3CC3=C2C(=O)C=C(C)C3=O)ccc1O. The van der Waals surface area contributed by atoms with Gasteiger partial charge in [0, 0.05) is 29.2 Å². The van der Waals surface area contributed by atoms with Crippen LogP contribution in [0.25, 0.3) is 0 Å². The standard InChI is InChI=1S/C33H31NO7/c1-3-41-27-15-19(6-11-25(27)36)28-21-9-10-22-29(23(21)16-24-30(28)26(37)14-17(2)31(24)38)33(40)34(32(22)39)13-12-18-4-7-20(35)8-5-18/h4-9,11,14-15,22-23,28-29,35-36H,3,10,12-13,16H2,1-2H3/t22-,23+,28-,29-/m0/s1. The molecule has 210 valence electrons. The number of amides is 2. The Balaban J connectivity index is 1.39. The molecule has 0 spiro atoms. The molecule has 41 heavy (non-hydrogen) atoms. The zero-order valence-corrected chi connectivity index (χ0v) is 22.9. The maximum absolute atomic E-state index is 13.9. The predicted molar refractivity (Wildman–Crippen MR) is 149 cm³/mol. The molecule has 2 aromatic carbocycles. The van der Waals surface area contributed by atoms with Gasteiger partial charge in [0.15, 0.2) is 23.1 Å². The first-order chi connectivity index (χ1) is 19.7. The van der Waals surface area contributed by atoms with E-state index in [4.69, 9.17) is 4.74 Å². The Hall–Kier alpha value is -4.46. The monoisotopic (exact) mass is 553 g/mol. The summed E-state index contributed by atoms with van der Waals surface area (Å²) in [6.45, 7) is 3.99. The van der Waals surface area contributed by atoms with Crippen LogP contribution in [0.1, 0.15) is 43.7 Å². The molecular formula is C33H31NO7. The fraction of sp³-hybridized carbons (Fsp3) is 0.333. The van der Waals surface area contributed by atoms with Crippen molar-refractivity contribution in [3.63, 3.8) is 0 Å². The Morgan fingerprint density at radius 3 is 2.46 bits per heavy atom. The van der Waals surface area contributed by atoms with E-state index in [-0.39, 0.29) is 53.6 Å². The number of ketones is 2. The van der Waals surface area contributed by atoms with E-state index < -0.39 is 23.7 Å². The van der Waals surface area contributed by atoms with Gasteiger partial charge in [-0.1, -0.05) is 29.8 Å². The summed E-state index contributed by atoms with van der Waals surface area (Å²) in [6, 6.07) is 11.6. The second-order valence-electron chi connectivity index (χ2n) is 11.1. The Labute approximate surface area is 237 Å². The van der Waals surface area contributed by atoms with Gasteiger partial charge < -0.3 is 14.9 Å². The molecule has 2 aromatic rings. The summed E-state index contributed by atoms with van der Waals surface area (Å²) < 4.78 is 5.62. The van der Waals surface area contributed by atoms with E-state index in [1.807, 2.05) is 6.08 Å². The molecule has 0 unspecified atom stereocenters. The molecule has 1 fully saturated rings. The van der Waals surface area contributed by atoms with Crippen molar-refractivity contribution in [2.45, 2.75) is 39.0 Å². The van der Waals surface area contributed by atoms with Gasteiger partial charge in [-0.2, -0.15) is 0 Å². The second kappa shape index (κ2) is 10.2. The molecule has 1 aliphatic heterocycles. The number of hydrogen-bond donors (Lipinski definition) is 2.